The summed E-state index contributed by atoms with van der Waals surface area (Å²) in [7, 11) is 0. The first kappa shape index (κ1) is 10.1. The van der Waals surface area contributed by atoms with Crippen LogP contribution in [0.1, 0.15) is 0 Å². The molecule has 1 aromatic carbocycles. The molecule has 76 valence electrons. The van der Waals surface area contributed by atoms with Gasteiger partial charge >= 0.3 is 0 Å². The molecule has 0 fully saturated rings. The standard InChI is InChI=1S/C11H7BrFNO/c12-9-5-4-8(7-10(9)13)14-6-2-1-3-11(14)15/h1-7H. The van der Waals surface area contributed by atoms with Crippen molar-refractivity contribution in [1.29, 1.82) is 0 Å². The van der Waals surface area contributed by atoms with Gasteiger partial charge in [0.15, 0.2) is 0 Å². The molecule has 0 amide bonds. The zero-order valence-electron chi connectivity index (χ0n) is 7.65. The summed E-state index contributed by atoms with van der Waals surface area (Å²) in [5.41, 5.74) is 0.334. The molecule has 2 rings (SSSR count). The van der Waals surface area contributed by atoms with Crippen LogP contribution < -0.4 is 5.56 Å². The van der Waals surface area contributed by atoms with E-state index in [2.05, 4.69) is 15.9 Å². The Bertz CT molecular complexity index is 550. The lowest BCUT2D eigenvalue weighted by Crippen LogP contribution is -2.15. The molecule has 0 spiro atoms. The summed E-state index contributed by atoms with van der Waals surface area (Å²) in [4.78, 5) is 11.4. The van der Waals surface area contributed by atoms with Crippen molar-refractivity contribution >= 4 is 15.9 Å². The van der Waals surface area contributed by atoms with Crippen molar-refractivity contribution < 1.29 is 4.39 Å². The predicted octanol–water partition coefficient (Wildman–Crippen LogP) is 2.74. The number of pyridine rings is 1. The molecule has 0 aliphatic rings. The van der Waals surface area contributed by atoms with E-state index in [0.717, 1.165) is 0 Å². The number of hydrogen-bond acceptors (Lipinski definition) is 1. The van der Waals surface area contributed by atoms with Gasteiger partial charge in [-0.05, 0) is 40.2 Å². The Morgan fingerprint density at radius 3 is 2.67 bits per heavy atom. The minimum atomic E-state index is -0.386. The van der Waals surface area contributed by atoms with Crippen LogP contribution in [0.3, 0.4) is 0 Å². The molecule has 2 aromatic rings. The summed E-state index contributed by atoms with van der Waals surface area (Å²) in [5.74, 6) is -0.386. The fraction of sp³-hybridized carbons (Fsp3) is 0. The molecule has 1 aromatic heterocycles. The summed E-state index contributed by atoms with van der Waals surface area (Å²) in [6.07, 6.45) is 1.60. The number of benzene rings is 1. The van der Waals surface area contributed by atoms with Crippen LogP contribution in [0.15, 0.2) is 51.9 Å². The van der Waals surface area contributed by atoms with E-state index < -0.39 is 0 Å². The second kappa shape index (κ2) is 3.98. The van der Waals surface area contributed by atoms with Crippen molar-refractivity contribution in [3.05, 3.63) is 63.2 Å². The second-order valence-electron chi connectivity index (χ2n) is 3.01. The Morgan fingerprint density at radius 1 is 1.20 bits per heavy atom. The molecule has 2 nitrogen and oxygen atoms in total. The summed E-state index contributed by atoms with van der Waals surface area (Å²) in [6, 6.07) is 9.36. The maximum atomic E-state index is 13.2. The Hall–Kier alpha value is -1.42. The molecular formula is C11H7BrFNO. The number of aromatic nitrogens is 1. The fourth-order valence-corrected chi connectivity index (χ4v) is 1.52. The molecule has 0 N–H and O–H groups in total. The summed E-state index contributed by atoms with van der Waals surface area (Å²) in [5, 5.41) is 0. The molecule has 0 bridgehead atoms. The molecule has 0 unspecified atom stereocenters. The molecule has 0 aliphatic heterocycles. The minimum Gasteiger partial charge on any atom is -0.284 e. The molecule has 0 saturated heterocycles. The predicted molar refractivity (Wildman–Crippen MR) is 59.7 cm³/mol. The Balaban J connectivity index is 2.60. The van der Waals surface area contributed by atoms with Crippen molar-refractivity contribution in [3.8, 4) is 5.69 Å². The van der Waals surface area contributed by atoms with Gasteiger partial charge in [0.1, 0.15) is 5.82 Å². The van der Waals surface area contributed by atoms with Crippen LogP contribution >= 0.6 is 15.9 Å². The normalized spacial score (nSPS) is 10.3. The van der Waals surface area contributed by atoms with Gasteiger partial charge in [0.2, 0.25) is 0 Å². The van der Waals surface area contributed by atoms with Gasteiger partial charge in [-0.1, -0.05) is 6.07 Å². The molecule has 0 radical (unpaired) electrons. The van der Waals surface area contributed by atoms with Gasteiger partial charge in [0.25, 0.3) is 5.56 Å². The first-order valence-electron chi connectivity index (χ1n) is 4.31. The molecule has 0 aliphatic carbocycles. The third kappa shape index (κ3) is 1.99. The van der Waals surface area contributed by atoms with Crippen molar-refractivity contribution in [2.75, 3.05) is 0 Å². The quantitative estimate of drug-likeness (QED) is 0.779. The van der Waals surface area contributed by atoms with Gasteiger partial charge in [-0.15, -0.1) is 0 Å². The highest BCUT2D eigenvalue weighted by molar-refractivity contribution is 9.10. The topological polar surface area (TPSA) is 22.0 Å². The Labute approximate surface area is 94.1 Å². The van der Waals surface area contributed by atoms with Gasteiger partial charge in [-0.2, -0.15) is 0 Å². The zero-order chi connectivity index (χ0) is 10.8. The van der Waals surface area contributed by atoms with Crippen molar-refractivity contribution in [3.63, 3.8) is 0 Å². The van der Waals surface area contributed by atoms with E-state index in [4.69, 9.17) is 0 Å². The van der Waals surface area contributed by atoms with Crippen LogP contribution in [0, 0.1) is 5.82 Å². The number of hydrogen-bond donors (Lipinski definition) is 0. The van der Waals surface area contributed by atoms with Crippen molar-refractivity contribution in [1.82, 2.24) is 4.57 Å². The zero-order valence-corrected chi connectivity index (χ0v) is 9.24. The van der Waals surface area contributed by atoms with E-state index >= 15 is 0 Å². The Morgan fingerprint density at radius 2 is 2.00 bits per heavy atom. The van der Waals surface area contributed by atoms with Gasteiger partial charge in [-0.25, -0.2) is 4.39 Å². The number of nitrogens with zero attached hydrogens (tertiary/aromatic N) is 1. The summed E-state index contributed by atoms with van der Waals surface area (Å²) in [6.45, 7) is 0. The SMILES string of the molecule is O=c1ccccn1-c1ccc(Br)c(F)c1. The maximum absolute atomic E-state index is 13.2. The Kier molecular flexibility index (Phi) is 2.68. The molecule has 0 saturated carbocycles. The van der Waals surface area contributed by atoms with E-state index in [-0.39, 0.29) is 11.4 Å². The average molecular weight is 268 g/mol. The fourth-order valence-electron chi connectivity index (χ4n) is 1.28. The molecule has 15 heavy (non-hydrogen) atoms. The molecule has 0 atom stereocenters. The minimum absolute atomic E-state index is 0.181. The summed E-state index contributed by atoms with van der Waals surface area (Å²) < 4.78 is 15.0. The second-order valence-corrected chi connectivity index (χ2v) is 3.86. The first-order valence-corrected chi connectivity index (χ1v) is 5.11. The average Bonchev–Trinajstić information content (AvgIpc) is 2.23. The lowest BCUT2D eigenvalue weighted by atomic mass is 10.3. The highest BCUT2D eigenvalue weighted by Gasteiger charge is 2.02. The monoisotopic (exact) mass is 267 g/mol. The van der Waals surface area contributed by atoms with Crippen LogP contribution in [-0.2, 0) is 0 Å². The third-order valence-electron chi connectivity index (χ3n) is 2.00. The number of halogens is 2. The van der Waals surface area contributed by atoms with Crippen molar-refractivity contribution in [2.45, 2.75) is 0 Å². The van der Waals surface area contributed by atoms with E-state index in [1.54, 1.807) is 30.5 Å². The summed E-state index contributed by atoms with van der Waals surface area (Å²) >= 11 is 3.06. The maximum Gasteiger partial charge on any atom is 0.255 e. The molecule has 4 heteroatoms. The van der Waals surface area contributed by atoms with Gasteiger partial charge < -0.3 is 0 Å². The lowest BCUT2D eigenvalue weighted by Gasteiger charge is -2.05. The molecular weight excluding hydrogens is 261 g/mol. The van der Waals surface area contributed by atoms with Gasteiger partial charge in [0, 0.05) is 12.3 Å². The van der Waals surface area contributed by atoms with E-state index in [1.807, 2.05) is 0 Å². The van der Waals surface area contributed by atoms with Crippen LogP contribution in [0.5, 0.6) is 0 Å². The van der Waals surface area contributed by atoms with E-state index in [9.17, 15) is 9.18 Å². The molecule has 1 heterocycles. The van der Waals surface area contributed by atoms with Crippen LogP contribution in [-0.4, -0.2) is 4.57 Å². The van der Waals surface area contributed by atoms with Crippen LogP contribution in [0.25, 0.3) is 5.69 Å². The number of rotatable bonds is 1. The van der Waals surface area contributed by atoms with Crippen LogP contribution in [0.4, 0.5) is 4.39 Å². The first-order chi connectivity index (χ1) is 7.18. The highest BCUT2D eigenvalue weighted by atomic mass is 79.9. The highest BCUT2D eigenvalue weighted by Crippen LogP contribution is 2.17. The largest absolute Gasteiger partial charge is 0.284 e. The van der Waals surface area contributed by atoms with Gasteiger partial charge in [-0.3, -0.25) is 9.36 Å². The van der Waals surface area contributed by atoms with Crippen molar-refractivity contribution in [2.24, 2.45) is 0 Å². The van der Waals surface area contributed by atoms with E-state index in [1.165, 1.54) is 16.7 Å². The lowest BCUT2D eigenvalue weighted by molar-refractivity contribution is 0.619. The van der Waals surface area contributed by atoms with Crippen LogP contribution in [0.2, 0.25) is 0 Å². The van der Waals surface area contributed by atoms with E-state index in [0.29, 0.717) is 10.2 Å². The van der Waals surface area contributed by atoms with Gasteiger partial charge in [0.05, 0.1) is 10.2 Å². The smallest absolute Gasteiger partial charge is 0.255 e. The third-order valence-corrected chi connectivity index (χ3v) is 2.65.